The standard InChI is InChI=1S/C15H15ClN4O2/c1-2-11(7-17)22-12-5-3-4-10(6-12)8-18-13-9-19-20-15(21)14(13)16/h3-6,9,11H,2,8H2,1H3,(H2,18,20,21). The Kier molecular flexibility index (Phi) is 5.39. The summed E-state index contributed by atoms with van der Waals surface area (Å²) in [5, 5.41) is 18.0. The Bertz CT molecular complexity index is 739. The number of benzene rings is 1. The Morgan fingerprint density at radius 2 is 2.36 bits per heavy atom. The van der Waals surface area contributed by atoms with Gasteiger partial charge in [0.05, 0.1) is 11.9 Å². The molecule has 2 N–H and O–H groups in total. The molecule has 0 spiro atoms. The predicted molar refractivity (Wildman–Crippen MR) is 84.0 cm³/mol. The average molecular weight is 319 g/mol. The molecule has 0 bridgehead atoms. The highest BCUT2D eigenvalue weighted by molar-refractivity contribution is 6.32. The van der Waals surface area contributed by atoms with Crippen LogP contribution < -0.4 is 15.6 Å². The van der Waals surface area contributed by atoms with Crippen molar-refractivity contribution in [2.45, 2.75) is 26.0 Å². The molecule has 0 saturated carbocycles. The lowest BCUT2D eigenvalue weighted by atomic mass is 10.2. The van der Waals surface area contributed by atoms with Crippen LogP contribution >= 0.6 is 11.6 Å². The Balaban J connectivity index is 2.06. The topological polar surface area (TPSA) is 90.8 Å². The molecular formula is C15H15ClN4O2. The molecule has 1 unspecified atom stereocenters. The summed E-state index contributed by atoms with van der Waals surface area (Å²) in [6.45, 7) is 2.34. The van der Waals surface area contributed by atoms with Gasteiger partial charge < -0.3 is 10.1 Å². The molecule has 0 radical (unpaired) electrons. The van der Waals surface area contributed by atoms with Gasteiger partial charge in [-0.25, -0.2) is 5.10 Å². The van der Waals surface area contributed by atoms with Crippen molar-refractivity contribution in [1.82, 2.24) is 10.2 Å². The molecule has 0 aliphatic carbocycles. The number of aromatic amines is 1. The van der Waals surface area contributed by atoms with Crippen molar-refractivity contribution in [1.29, 1.82) is 5.26 Å². The summed E-state index contributed by atoms with van der Waals surface area (Å²) in [5.74, 6) is 0.628. The maximum Gasteiger partial charge on any atom is 0.285 e. The highest BCUT2D eigenvalue weighted by atomic mass is 35.5. The van der Waals surface area contributed by atoms with Crippen LogP contribution in [0.4, 0.5) is 5.69 Å². The molecule has 2 aromatic rings. The number of halogens is 1. The lowest BCUT2D eigenvalue weighted by Crippen LogP contribution is -2.13. The number of aromatic nitrogens is 2. The van der Waals surface area contributed by atoms with Gasteiger partial charge in [0, 0.05) is 6.54 Å². The van der Waals surface area contributed by atoms with E-state index in [2.05, 4.69) is 21.6 Å². The van der Waals surface area contributed by atoms with Gasteiger partial charge in [-0.2, -0.15) is 10.4 Å². The van der Waals surface area contributed by atoms with E-state index in [-0.39, 0.29) is 5.02 Å². The Morgan fingerprint density at radius 3 is 3.09 bits per heavy atom. The third-order valence-electron chi connectivity index (χ3n) is 2.97. The highest BCUT2D eigenvalue weighted by Gasteiger charge is 2.07. The molecule has 1 aromatic carbocycles. The molecule has 6 nitrogen and oxygen atoms in total. The minimum absolute atomic E-state index is 0.0675. The van der Waals surface area contributed by atoms with Gasteiger partial charge in [0.15, 0.2) is 6.10 Å². The summed E-state index contributed by atoms with van der Waals surface area (Å²) in [6, 6.07) is 9.47. The van der Waals surface area contributed by atoms with E-state index >= 15 is 0 Å². The van der Waals surface area contributed by atoms with E-state index in [1.54, 1.807) is 6.07 Å². The lowest BCUT2D eigenvalue weighted by Gasteiger charge is -2.12. The van der Waals surface area contributed by atoms with Gasteiger partial charge in [-0.15, -0.1) is 0 Å². The highest BCUT2D eigenvalue weighted by Crippen LogP contribution is 2.19. The zero-order chi connectivity index (χ0) is 15.9. The molecule has 0 fully saturated rings. The number of nitriles is 1. The number of ether oxygens (including phenoxy) is 1. The van der Waals surface area contributed by atoms with Crippen molar-refractivity contribution in [2.75, 3.05) is 5.32 Å². The summed E-state index contributed by atoms with van der Waals surface area (Å²) in [7, 11) is 0. The molecule has 114 valence electrons. The smallest absolute Gasteiger partial charge is 0.285 e. The van der Waals surface area contributed by atoms with Crippen molar-refractivity contribution >= 4 is 17.3 Å². The number of rotatable bonds is 6. The number of hydrogen-bond donors (Lipinski definition) is 2. The summed E-state index contributed by atoms with van der Waals surface area (Å²) in [5.41, 5.74) is 0.949. The maximum absolute atomic E-state index is 11.4. The van der Waals surface area contributed by atoms with Crippen LogP contribution in [0.2, 0.25) is 5.02 Å². The van der Waals surface area contributed by atoms with Gasteiger partial charge in [-0.1, -0.05) is 30.7 Å². The second kappa shape index (κ2) is 7.48. The van der Waals surface area contributed by atoms with Crippen molar-refractivity contribution in [3.8, 4) is 11.8 Å². The van der Waals surface area contributed by atoms with Crippen molar-refractivity contribution in [2.24, 2.45) is 0 Å². The van der Waals surface area contributed by atoms with Crippen LogP contribution in [-0.2, 0) is 6.54 Å². The summed E-state index contributed by atoms with van der Waals surface area (Å²) in [6.07, 6.45) is 1.61. The van der Waals surface area contributed by atoms with E-state index in [1.165, 1.54) is 6.20 Å². The number of hydrogen-bond acceptors (Lipinski definition) is 5. The van der Waals surface area contributed by atoms with Crippen LogP contribution in [-0.4, -0.2) is 16.3 Å². The van der Waals surface area contributed by atoms with Gasteiger partial charge in [-0.3, -0.25) is 4.79 Å². The molecule has 1 atom stereocenters. The average Bonchev–Trinajstić information content (AvgIpc) is 2.54. The zero-order valence-corrected chi connectivity index (χ0v) is 12.7. The number of nitrogens with one attached hydrogen (secondary N) is 2. The van der Waals surface area contributed by atoms with E-state index in [0.29, 0.717) is 24.4 Å². The first-order chi connectivity index (χ1) is 10.6. The first-order valence-corrected chi connectivity index (χ1v) is 7.14. The molecule has 2 rings (SSSR count). The van der Waals surface area contributed by atoms with Gasteiger partial charge in [0.2, 0.25) is 0 Å². The summed E-state index contributed by atoms with van der Waals surface area (Å²) in [4.78, 5) is 11.4. The van der Waals surface area contributed by atoms with Gasteiger partial charge in [0.25, 0.3) is 5.56 Å². The number of nitrogens with zero attached hydrogens (tertiary/aromatic N) is 2. The van der Waals surface area contributed by atoms with E-state index in [9.17, 15) is 4.79 Å². The van der Waals surface area contributed by atoms with Gasteiger partial charge >= 0.3 is 0 Å². The van der Waals surface area contributed by atoms with Crippen LogP contribution in [0.15, 0.2) is 35.3 Å². The first kappa shape index (κ1) is 15.9. The Hall–Kier alpha value is -2.52. The largest absolute Gasteiger partial charge is 0.476 e. The van der Waals surface area contributed by atoms with Gasteiger partial charge in [0.1, 0.15) is 16.8 Å². The second-order valence-electron chi connectivity index (χ2n) is 4.57. The van der Waals surface area contributed by atoms with Gasteiger partial charge in [-0.05, 0) is 24.1 Å². The van der Waals surface area contributed by atoms with E-state index in [0.717, 1.165) is 5.56 Å². The Labute approximate surface area is 132 Å². The Morgan fingerprint density at radius 1 is 1.55 bits per heavy atom. The summed E-state index contributed by atoms with van der Waals surface area (Å²) >= 11 is 5.89. The second-order valence-corrected chi connectivity index (χ2v) is 4.95. The lowest BCUT2D eigenvalue weighted by molar-refractivity contribution is 0.251. The quantitative estimate of drug-likeness (QED) is 0.854. The molecule has 1 aromatic heterocycles. The van der Waals surface area contributed by atoms with Crippen LogP contribution in [0.25, 0.3) is 0 Å². The first-order valence-electron chi connectivity index (χ1n) is 6.76. The zero-order valence-electron chi connectivity index (χ0n) is 12.0. The minimum atomic E-state index is -0.463. The van der Waals surface area contributed by atoms with Crippen molar-refractivity contribution in [3.05, 3.63) is 51.4 Å². The third kappa shape index (κ3) is 3.99. The number of anilines is 1. The predicted octanol–water partition coefficient (Wildman–Crippen LogP) is 2.72. The van der Waals surface area contributed by atoms with Crippen LogP contribution in [0.3, 0.4) is 0 Å². The normalized spacial score (nSPS) is 11.5. The third-order valence-corrected chi connectivity index (χ3v) is 3.35. The molecule has 0 amide bonds. The van der Waals surface area contributed by atoms with Crippen molar-refractivity contribution in [3.63, 3.8) is 0 Å². The molecule has 1 heterocycles. The fourth-order valence-electron chi connectivity index (χ4n) is 1.80. The van der Waals surface area contributed by atoms with Crippen LogP contribution in [0.5, 0.6) is 5.75 Å². The molecule has 0 aliphatic heterocycles. The van der Waals surface area contributed by atoms with E-state index in [4.69, 9.17) is 21.6 Å². The fourth-order valence-corrected chi connectivity index (χ4v) is 1.96. The SMILES string of the molecule is CCC(C#N)Oc1cccc(CNc2cn[nH]c(=O)c2Cl)c1. The van der Waals surface area contributed by atoms with E-state index in [1.807, 2.05) is 25.1 Å². The van der Waals surface area contributed by atoms with Crippen LogP contribution in [0, 0.1) is 11.3 Å². The monoisotopic (exact) mass is 318 g/mol. The van der Waals surface area contributed by atoms with E-state index < -0.39 is 11.7 Å². The van der Waals surface area contributed by atoms with Crippen LogP contribution in [0.1, 0.15) is 18.9 Å². The minimum Gasteiger partial charge on any atom is -0.476 e. The molecule has 0 aliphatic rings. The molecule has 7 heteroatoms. The molecule has 22 heavy (non-hydrogen) atoms. The number of H-pyrrole nitrogens is 1. The fraction of sp³-hybridized carbons (Fsp3) is 0.267. The summed E-state index contributed by atoms with van der Waals surface area (Å²) < 4.78 is 5.57. The molecule has 0 saturated heterocycles. The van der Waals surface area contributed by atoms with Crippen molar-refractivity contribution < 1.29 is 4.74 Å². The molecular weight excluding hydrogens is 304 g/mol. The maximum atomic E-state index is 11.4.